The van der Waals surface area contributed by atoms with Crippen LogP contribution in [0.3, 0.4) is 0 Å². The fourth-order valence-corrected chi connectivity index (χ4v) is 2.02. The maximum atomic E-state index is 6.22. The van der Waals surface area contributed by atoms with Gasteiger partial charge in [0, 0.05) is 11.6 Å². The highest BCUT2D eigenvalue weighted by Gasteiger charge is 2.14. The van der Waals surface area contributed by atoms with Crippen LogP contribution in [0.15, 0.2) is 12.1 Å². The average molecular weight is 252 g/mol. The van der Waals surface area contributed by atoms with Gasteiger partial charge in [0.25, 0.3) is 0 Å². The first kappa shape index (κ1) is 14.8. The zero-order chi connectivity index (χ0) is 13.5. The van der Waals surface area contributed by atoms with Gasteiger partial charge in [0.05, 0.1) is 14.2 Å². The van der Waals surface area contributed by atoms with Crippen molar-refractivity contribution in [1.29, 1.82) is 0 Å². The molecule has 1 atom stereocenters. The maximum Gasteiger partial charge on any atom is 0.124 e. The van der Waals surface area contributed by atoms with Gasteiger partial charge in [0.2, 0.25) is 0 Å². The molecular weight excluding hydrogens is 228 g/mol. The quantitative estimate of drug-likeness (QED) is 0.729. The molecule has 3 N–H and O–H groups in total. The maximum absolute atomic E-state index is 6.22. The first-order valence-electron chi connectivity index (χ1n) is 6.26. The highest BCUT2D eigenvalue weighted by Crippen LogP contribution is 2.33. The lowest BCUT2D eigenvalue weighted by atomic mass is 9.99. The molecule has 1 unspecified atom stereocenters. The lowest BCUT2D eigenvalue weighted by Crippen LogP contribution is -2.15. The summed E-state index contributed by atoms with van der Waals surface area (Å²) in [7, 11) is 5.29. The van der Waals surface area contributed by atoms with Gasteiger partial charge in [-0.25, -0.2) is 0 Å². The summed E-state index contributed by atoms with van der Waals surface area (Å²) in [5.41, 5.74) is 8.29. The van der Waals surface area contributed by atoms with Crippen LogP contribution in [0.5, 0.6) is 11.5 Å². The second-order valence-corrected chi connectivity index (χ2v) is 4.42. The van der Waals surface area contributed by atoms with Crippen LogP contribution in [-0.4, -0.2) is 27.8 Å². The van der Waals surface area contributed by atoms with Gasteiger partial charge in [-0.1, -0.05) is 0 Å². The van der Waals surface area contributed by atoms with Crippen LogP contribution in [0.1, 0.15) is 30.0 Å². The zero-order valence-electron chi connectivity index (χ0n) is 11.7. The molecule has 0 spiro atoms. The van der Waals surface area contributed by atoms with Gasteiger partial charge in [0.1, 0.15) is 11.5 Å². The number of nitrogens with one attached hydrogen (secondary N) is 1. The highest BCUT2D eigenvalue weighted by molar-refractivity contribution is 5.47. The summed E-state index contributed by atoms with van der Waals surface area (Å²) < 4.78 is 10.7. The number of nitrogens with two attached hydrogens (primary N) is 1. The van der Waals surface area contributed by atoms with E-state index in [1.165, 1.54) is 0 Å². The van der Waals surface area contributed by atoms with E-state index in [1.54, 1.807) is 14.2 Å². The molecule has 1 aromatic carbocycles. The Labute approximate surface area is 109 Å². The molecule has 0 aliphatic rings. The Morgan fingerprint density at radius 2 is 1.89 bits per heavy atom. The van der Waals surface area contributed by atoms with Crippen LogP contribution in [0, 0.1) is 6.92 Å². The summed E-state index contributed by atoms with van der Waals surface area (Å²) in [6.45, 7) is 2.97. The van der Waals surface area contributed by atoms with Crippen molar-refractivity contribution in [2.24, 2.45) is 5.73 Å². The first-order valence-corrected chi connectivity index (χ1v) is 6.26. The van der Waals surface area contributed by atoms with E-state index in [1.807, 2.05) is 26.1 Å². The molecule has 1 rings (SSSR count). The van der Waals surface area contributed by atoms with E-state index in [2.05, 4.69) is 5.32 Å². The molecule has 0 aliphatic carbocycles. The standard InChI is InChI=1S/C14H24N2O2/c1-10-8-14(18-4)11(9-13(10)17-3)12(15)6-5-7-16-2/h8-9,12,16H,5-7,15H2,1-4H3. The molecule has 18 heavy (non-hydrogen) atoms. The van der Waals surface area contributed by atoms with Crippen molar-refractivity contribution in [2.75, 3.05) is 27.8 Å². The van der Waals surface area contributed by atoms with Gasteiger partial charge in [-0.2, -0.15) is 0 Å². The molecule has 0 heterocycles. The van der Waals surface area contributed by atoms with Gasteiger partial charge in [-0.3, -0.25) is 0 Å². The van der Waals surface area contributed by atoms with Crippen molar-refractivity contribution in [3.8, 4) is 11.5 Å². The van der Waals surface area contributed by atoms with E-state index in [-0.39, 0.29) is 6.04 Å². The first-order chi connectivity index (χ1) is 8.63. The largest absolute Gasteiger partial charge is 0.496 e. The Hall–Kier alpha value is -1.26. The Morgan fingerprint density at radius 1 is 1.22 bits per heavy atom. The predicted molar refractivity (Wildman–Crippen MR) is 74.4 cm³/mol. The van der Waals surface area contributed by atoms with Gasteiger partial charge in [0.15, 0.2) is 0 Å². The third-order valence-electron chi connectivity index (χ3n) is 3.09. The molecule has 102 valence electrons. The minimum absolute atomic E-state index is 0.0252. The summed E-state index contributed by atoms with van der Waals surface area (Å²) in [6.07, 6.45) is 1.96. The number of hydrogen-bond acceptors (Lipinski definition) is 4. The molecular formula is C14H24N2O2. The molecule has 0 amide bonds. The van der Waals surface area contributed by atoms with Crippen molar-refractivity contribution in [3.63, 3.8) is 0 Å². The normalized spacial score (nSPS) is 12.3. The van der Waals surface area contributed by atoms with E-state index < -0.39 is 0 Å². The van der Waals surface area contributed by atoms with E-state index in [0.29, 0.717) is 0 Å². The fourth-order valence-electron chi connectivity index (χ4n) is 2.02. The minimum Gasteiger partial charge on any atom is -0.496 e. The molecule has 0 saturated carbocycles. The summed E-state index contributed by atoms with van der Waals surface area (Å²) in [4.78, 5) is 0. The highest BCUT2D eigenvalue weighted by atomic mass is 16.5. The average Bonchev–Trinajstić information content (AvgIpc) is 2.38. The SMILES string of the molecule is CNCCCC(N)c1cc(OC)c(C)cc1OC. The van der Waals surface area contributed by atoms with Crippen molar-refractivity contribution < 1.29 is 9.47 Å². The summed E-state index contributed by atoms with van der Waals surface area (Å²) in [5.74, 6) is 1.69. The monoisotopic (exact) mass is 252 g/mol. The second-order valence-electron chi connectivity index (χ2n) is 4.42. The van der Waals surface area contributed by atoms with E-state index in [0.717, 1.165) is 42.0 Å². The molecule has 0 fully saturated rings. The Balaban J connectivity index is 2.90. The topological polar surface area (TPSA) is 56.5 Å². The van der Waals surface area contributed by atoms with Gasteiger partial charge >= 0.3 is 0 Å². The molecule has 0 radical (unpaired) electrons. The van der Waals surface area contributed by atoms with Crippen LogP contribution < -0.4 is 20.5 Å². The zero-order valence-corrected chi connectivity index (χ0v) is 11.7. The third-order valence-corrected chi connectivity index (χ3v) is 3.09. The Morgan fingerprint density at radius 3 is 2.44 bits per heavy atom. The summed E-state index contributed by atoms with van der Waals surface area (Å²) in [5, 5.41) is 3.12. The van der Waals surface area contributed by atoms with Crippen LogP contribution in [-0.2, 0) is 0 Å². The number of aryl methyl sites for hydroxylation is 1. The van der Waals surface area contributed by atoms with Crippen molar-refractivity contribution in [3.05, 3.63) is 23.3 Å². The van der Waals surface area contributed by atoms with Gasteiger partial charge < -0.3 is 20.5 Å². The Kier molecular flexibility index (Phi) is 5.95. The third kappa shape index (κ3) is 3.62. The lowest BCUT2D eigenvalue weighted by Gasteiger charge is -2.18. The van der Waals surface area contributed by atoms with Crippen molar-refractivity contribution in [1.82, 2.24) is 5.32 Å². The number of benzene rings is 1. The molecule has 0 aliphatic heterocycles. The van der Waals surface area contributed by atoms with E-state index in [4.69, 9.17) is 15.2 Å². The molecule has 0 saturated heterocycles. The van der Waals surface area contributed by atoms with Crippen molar-refractivity contribution in [2.45, 2.75) is 25.8 Å². The number of methoxy groups -OCH3 is 2. The Bertz CT molecular complexity index is 380. The number of ether oxygens (including phenoxy) is 2. The van der Waals surface area contributed by atoms with E-state index >= 15 is 0 Å². The molecule has 0 aromatic heterocycles. The van der Waals surface area contributed by atoms with Crippen LogP contribution >= 0.6 is 0 Å². The van der Waals surface area contributed by atoms with Crippen molar-refractivity contribution >= 4 is 0 Å². The fraction of sp³-hybridized carbons (Fsp3) is 0.571. The molecule has 4 heteroatoms. The molecule has 4 nitrogen and oxygen atoms in total. The summed E-state index contributed by atoms with van der Waals surface area (Å²) >= 11 is 0. The number of hydrogen-bond donors (Lipinski definition) is 2. The smallest absolute Gasteiger partial charge is 0.124 e. The van der Waals surface area contributed by atoms with E-state index in [9.17, 15) is 0 Å². The predicted octanol–water partition coefficient (Wildman–Crippen LogP) is 2.01. The van der Waals surface area contributed by atoms with Crippen LogP contribution in [0.2, 0.25) is 0 Å². The molecule has 0 bridgehead atoms. The minimum atomic E-state index is -0.0252. The van der Waals surface area contributed by atoms with Gasteiger partial charge in [-0.15, -0.1) is 0 Å². The van der Waals surface area contributed by atoms with Crippen LogP contribution in [0.4, 0.5) is 0 Å². The lowest BCUT2D eigenvalue weighted by molar-refractivity contribution is 0.391. The summed E-state index contributed by atoms with van der Waals surface area (Å²) in [6, 6.07) is 3.94. The molecule has 1 aromatic rings. The van der Waals surface area contributed by atoms with Crippen LogP contribution in [0.25, 0.3) is 0 Å². The van der Waals surface area contributed by atoms with Gasteiger partial charge in [-0.05, 0) is 51.1 Å². The second kappa shape index (κ2) is 7.24. The number of rotatable bonds is 7.